The first-order valence-corrected chi connectivity index (χ1v) is 6.31. The summed E-state index contributed by atoms with van der Waals surface area (Å²) in [6.45, 7) is 7.21. The van der Waals surface area contributed by atoms with Crippen LogP contribution in [0.2, 0.25) is 0 Å². The van der Waals surface area contributed by atoms with Gasteiger partial charge in [0.1, 0.15) is 0 Å². The van der Waals surface area contributed by atoms with E-state index >= 15 is 0 Å². The van der Waals surface area contributed by atoms with Crippen molar-refractivity contribution < 1.29 is 26.7 Å². The third kappa shape index (κ3) is 36.3. The van der Waals surface area contributed by atoms with Gasteiger partial charge < -0.3 is 9.64 Å². The second-order valence-electron chi connectivity index (χ2n) is 3.44. The van der Waals surface area contributed by atoms with Crippen molar-refractivity contribution >= 4 is 16.4 Å². The topological polar surface area (TPSA) is 93.1 Å². The van der Waals surface area contributed by atoms with E-state index in [1.807, 2.05) is 26.0 Å². The van der Waals surface area contributed by atoms with Crippen molar-refractivity contribution in [3.63, 3.8) is 0 Å². The number of nitrogens with zero attached hydrogens (tertiary/aromatic N) is 1. The molecule has 0 aromatic rings. The highest BCUT2D eigenvalue weighted by Crippen LogP contribution is 1.89. The van der Waals surface area contributed by atoms with E-state index in [2.05, 4.69) is 15.5 Å². The summed E-state index contributed by atoms with van der Waals surface area (Å²) in [5, 5.41) is 0. The van der Waals surface area contributed by atoms with Crippen LogP contribution in [-0.2, 0) is 24.1 Å². The molecule has 0 heterocycles. The molecule has 1 N–H and O–H groups in total. The van der Waals surface area contributed by atoms with E-state index in [0.717, 1.165) is 7.11 Å². The summed E-state index contributed by atoms with van der Waals surface area (Å²) >= 11 is 0. The fourth-order valence-electron chi connectivity index (χ4n) is 0.254. The van der Waals surface area contributed by atoms with Gasteiger partial charge in [-0.25, -0.2) is 4.79 Å². The molecule has 0 atom stereocenters. The van der Waals surface area contributed by atoms with Crippen molar-refractivity contribution in [3.05, 3.63) is 12.2 Å². The Labute approximate surface area is 109 Å². The summed E-state index contributed by atoms with van der Waals surface area (Å²) in [5.74, 6) is -0.312. The van der Waals surface area contributed by atoms with Gasteiger partial charge in [-0.2, -0.15) is 8.42 Å². The number of esters is 1. The maximum Gasteiger partial charge on any atom is 0.397 e. The summed E-state index contributed by atoms with van der Waals surface area (Å²) in [7, 11) is 2.71. The lowest BCUT2D eigenvalue weighted by Gasteiger charge is -1.96. The number of ether oxygens (including phenoxy) is 1. The fraction of sp³-hybridized carbons (Fsp3) is 0.700. The third-order valence-corrected chi connectivity index (χ3v) is 1.26. The molecule has 0 fully saturated rings. The van der Waals surface area contributed by atoms with Crippen LogP contribution in [0.5, 0.6) is 0 Å². The van der Waals surface area contributed by atoms with Crippen LogP contribution in [0.25, 0.3) is 0 Å². The zero-order chi connectivity index (χ0) is 15.4. The van der Waals surface area contributed by atoms with Gasteiger partial charge in [-0.15, -0.1) is 0 Å². The van der Waals surface area contributed by atoms with Crippen molar-refractivity contribution in [3.8, 4) is 0 Å². The zero-order valence-electron chi connectivity index (χ0n) is 11.8. The molecule has 110 valence electrons. The van der Waals surface area contributed by atoms with E-state index < -0.39 is 10.4 Å². The lowest BCUT2D eigenvalue weighted by Crippen LogP contribution is -2.03. The van der Waals surface area contributed by atoms with Gasteiger partial charge in [-0.05, 0) is 35.0 Å². The molecule has 0 amide bonds. The molecule has 0 radical (unpaired) electrons. The zero-order valence-corrected chi connectivity index (χ0v) is 12.6. The van der Waals surface area contributed by atoms with E-state index in [1.54, 1.807) is 13.8 Å². The number of carbonyl (C=O) groups excluding carboxylic acids is 1. The summed E-state index contributed by atoms with van der Waals surface area (Å²) in [6.07, 6.45) is 0. The van der Waals surface area contributed by atoms with Crippen LogP contribution in [-0.4, -0.2) is 58.7 Å². The number of carbonyl (C=O) groups is 1. The van der Waals surface area contributed by atoms with Gasteiger partial charge in [-0.1, -0.05) is 6.58 Å². The first kappa shape index (κ1) is 22.2. The van der Waals surface area contributed by atoms with Crippen molar-refractivity contribution in [2.45, 2.75) is 13.8 Å². The van der Waals surface area contributed by atoms with Gasteiger partial charge in [0.2, 0.25) is 0 Å². The molecule has 0 aliphatic heterocycles. The van der Waals surface area contributed by atoms with E-state index in [-0.39, 0.29) is 5.97 Å². The van der Waals surface area contributed by atoms with Gasteiger partial charge in [0, 0.05) is 5.57 Å². The van der Waals surface area contributed by atoms with E-state index in [9.17, 15) is 13.2 Å². The number of hydrogen-bond donors (Lipinski definition) is 1. The molecule has 0 unspecified atom stereocenters. The maximum atomic E-state index is 10.4. The first-order valence-electron chi connectivity index (χ1n) is 4.94. The summed E-state index contributed by atoms with van der Waals surface area (Å²) in [6, 6.07) is 0. The highest BCUT2D eigenvalue weighted by Gasteiger charge is 1.98. The quantitative estimate of drug-likeness (QED) is 0.464. The smallest absolute Gasteiger partial charge is 0.397 e. The molecule has 0 saturated carbocycles. The minimum absolute atomic E-state index is 0.312. The average molecular weight is 285 g/mol. The Kier molecular flexibility index (Phi) is 15.4. The molecule has 0 saturated heterocycles. The van der Waals surface area contributed by atoms with E-state index in [1.165, 1.54) is 0 Å². The Morgan fingerprint density at radius 2 is 1.61 bits per heavy atom. The highest BCUT2D eigenvalue weighted by molar-refractivity contribution is 7.80. The lowest BCUT2D eigenvalue weighted by molar-refractivity contribution is -0.138. The standard InChI is InChI=1S/C6H10O2.C3H9N.CH4O4S/c1-4-8-6(7)5(2)3;1-4(2)3;1-5-6(2,3)4/h2,4H2,1,3H3;1-3H3;1H3,(H,2,3,4). The normalized spacial score (nSPS) is 9.56. The molecule has 0 aromatic carbocycles. The summed E-state index contributed by atoms with van der Waals surface area (Å²) < 4.78 is 34.3. The predicted octanol–water partition coefficient (Wildman–Crippen LogP) is 0.739. The second kappa shape index (κ2) is 12.5. The molecule has 0 rings (SSSR count). The Bertz CT molecular complexity index is 321. The molecule has 0 aromatic heterocycles. The monoisotopic (exact) mass is 285 g/mol. The number of rotatable bonds is 3. The van der Waals surface area contributed by atoms with Crippen LogP contribution in [0, 0.1) is 0 Å². The minimum atomic E-state index is -4.16. The van der Waals surface area contributed by atoms with Crippen LogP contribution in [0.1, 0.15) is 13.8 Å². The molecule has 18 heavy (non-hydrogen) atoms. The van der Waals surface area contributed by atoms with Crippen LogP contribution < -0.4 is 0 Å². The molecule has 0 aliphatic carbocycles. The van der Waals surface area contributed by atoms with Crippen LogP contribution in [0.4, 0.5) is 0 Å². The molecular weight excluding hydrogens is 262 g/mol. The van der Waals surface area contributed by atoms with Gasteiger partial charge in [0.25, 0.3) is 0 Å². The summed E-state index contributed by atoms with van der Waals surface area (Å²) in [5.41, 5.74) is 0.451. The third-order valence-electron chi connectivity index (χ3n) is 0.835. The Balaban J connectivity index is -0.000000200. The Morgan fingerprint density at radius 1 is 1.33 bits per heavy atom. The fourth-order valence-corrected chi connectivity index (χ4v) is 0.254. The van der Waals surface area contributed by atoms with Crippen molar-refractivity contribution in [1.29, 1.82) is 0 Å². The molecule has 8 heteroatoms. The van der Waals surface area contributed by atoms with Crippen molar-refractivity contribution in [2.24, 2.45) is 0 Å². The van der Waals surface area contributed by atoms with Gasteiger partial charge >= 0.3 is 16.4 Å². The molecule has 0 spiro atoms. The lowest BCUT2D eigenvalue weighted by atomic mass is 10.4. The second-order valence-corrected chi connectivity index (χ2v) is 4.63. The maximum absolute atomic E-state index is 10.4. The van der Waals surface area contributed by atoms with Gasteiger partial charge in [0.15, 0.2) is 0 Å². The molecule has 0 aliphatic rings. The van der Waals surface area contributed by atoms with E-state index in [0.29, 0.717) is 12.2 Å². The minimum Gasteiger partial charge on any atom is -0.463 e. The largest absolute Gasteiger partial charge is 0.463 e. The summed E-state index contributed by atoms with van der Waals surface area (Å²) in [4.78, 5) is 12.4. The van der Waals surface area contributed by atoms with Gasteiger partial charge in [0.05, 0.1) is 13.7 Å². The van der Waals surface area contributed by atoms with Crippen LogP contribution >= 0.6 is 0 Å². The molecule has 0 bridgehead atoms. The van der Waals surface area contributed by atoms with Crippen molar-refractivity contribution in [2.75, 3.05) is 34.9 Å². The first-order chi connectivity index (χ1) is 7.97. The average Bonchev–Trinajstić information content (AvgIpc) is 2.17. The van der Waals surface area contributed by atoms with Crippen LogP contribution in [0.15, 0.2) is 12.2 Å². The predicted molar refractivity (Wildman–Crippen MR) is 69.6 cm³/mol. The highest BCUT2D eigenvalue weighted by atomic mass is 32.3. The molecular formula is C10H23NO6S. The SMILES string of the molecule is C=C(C)C(=O)OCC.CN(C)C.COS(=O)(=O)O. The number of hydrogen-bond acceptors (Lipinski definition) is 6. The van der Waals surface area contributed by atoms with Crippen LogP contribution in [0.3, 0.4) is 0 Å². The molecule has 7 nitrogen and oxygen atoms in total. The Hall–Kier alpha value is -0.960. The Morgan fingerprint density at radius 3 is 1.67 bits per heavy atom. The van der Waals surface area contributed by atoms with Crippen molar-refractivity contribution in [1.82, 2.24) is 4.90 Å². The van der Waals surface area contributed by atoms with Gasteiger partial charge in [-0.3, -0.25) is 8.74 Å². The van der Waals surface area contributed by atoms with E-state index in [4.69, 9.17) is 4.55 Å².